The molecule has 8 heteroatoms. The molecule has 0 radical (unpaired) electrons. The second kappa shape index (κ2) is 4.76. The highest BCUT2D eigenvalue weighted by Crippen LogP contribution is 2.44. The SMILES string of the molecule is OCPC1(CO)OC(O)C(O)C1OF. The second-order valence-electron chi connectivity index (χ2n) is 2.89. The van der Waals surface area contributed by atoms with Crippen LogP contribution in [0, 0.1) is 0 Å². The van der Waals surface area contributed by atoms with Crippen molar-refractivity contribution in [2.24, 2.45) is 0 Å². The molecule has 0 amide bonds. The number of rotatable bonds is 4. The van der Waals surface area contributed by atoms with Crippen LogP contribution in [-0.2, 0) is 9.68 Å². The van der Waals surface area contributed by atoms with Crippen LogP contribution >= 0.6 is 8.58 Å². The van der Waals surface area contributed by atoms with Crippen LogP contribution in [0.1, 0.15) is 0 Å². The van der Waals surface area contributed by atoms with Gasteiger partial charge >= 0.3 is 0 Å². The van der Waals surface area contributed by atoms with Crippen molar-refractivity contribution in [2.45, 2.75) is 23.8 Å². The van der Waals surface area contributed by atoms with E-state index < -0.39 is 39.0 Å². The van der Waals surface area contributed by atoms with Crippen molar-refractivity contribution in [3.8, 4) is 0 Å². The van der Waals surface area contributed by atoms with Crippen LogP contribution in [0.3, 0.4) is 0 Å². The van der Waals surface area contributed by atoms with E-state index >= 15 is 0 Å². The smallest absolute Gasteiger partial charge is 0.185 e. The summed E-state index contributed by atoms with van der Waals surface area (Å²) in [6, 6.07) is 0. The van der Waals surface area contributed by atoms with Gasteiger partial charge in [-0.3, -0.25) is 0 Å². The molecular formula is C6H12FO6P. The highest BCUT2D eigenvalue weighted by molar-refractivity contribution is 7.39. The summed E-state index contributed by atoms with van der Waals surface area (Å²) in [5, 5.41) is 34.4. The van der Waals surface area contributed by atoms with E-state index in [1.165, 1.54) is 0 Å². The van der Waals surface area contributed by atoms with Crippen molar-refractivity contribution in [3.05, 3.63) is 0 Å². The van der Waals surface area contributed by atoms with Crippen molar-refractivity contribution in [3.63, 3.8) is 0 Å². The van der Waals surface area contributed by atoms with Crippen LogP contribution in [0.5, 0.6) is 0 Å². The van der Waals surface area contributed by atoms with Crippen LogP contribution in [0.25, 0.3) is 0 Å². The summed E-state index contributed by atoms with van der Waals surface area (Å²) in [5.41, 5.74) is 0. The predicted molar refractivity (Wildman–Crippen MR) is 44.3 cm³/mol. The molecule has 5 unspecified atom stereocenters. The van der Waals surface area contributed by atoms with Gasteiger partial charge in [-0.05, 0) is 4.53 Å². The van der Waals surface area contributed by atoms with E-state index in [9.17, 15) is 9.63 Å². The van der Waals surface area contributed by atoms with Crippen LogP contribution in [0.4, 0.5) is 4.53 Å². The number of aliphatic hydroxyl groups is 4. The molecule has 14 heavy (non-hydrogen) atoms. The molecule has 0 aromatic heterocycles. The molecule has 1 saturated heterocycles. The lowest BCUT2D eigenvalue weighted by atomic mass is 10.1. The lowest BCUT2D eigenvalue weighted by Gasteiger charge is -2.28. The number of hydrogen-bond acceptors (Lipinski definition) is 6. The van der Waals surface area contributed by atoms with Gasteiger partial charge in [0.15, 0.2) is 12.4 Å². The van der Waals surface area contributed by atoms with E-state index in [-0.39, 0.29) is 6.35 Å². The fourth-order valence-electron chi connectivity index (χ4n) is 1.36. The highest BCUT2D eigenvalue weighted by atomic mass is 31.1. The zero-order valence-corrected chi connectivity index (χ0v) is 8.13. The number of halogens is 1. The maximum atomic E-state index is 12.1. The normalized spacial score (nSPS) is 43.9. The number of hydrogen-bond donors (Lipinski definition) is 4. The average Bonchev–Trinajstić information content (AvgIpc) is 2.40. The molecule has 0 spiro atoms. The molecule has 0 bridgehead atoms. The Bertz CT molecular complexity index is 195. The Kier molecular flexibility index (Phi) is 4.15. The van der Waals surface area contributed by atoms with E-state index in [0.29, 0.717) is 0 Å². The van der Waals surface area contributed by atoms with E-state index in [0.717, 1.165) is 0 Å². The van der Waals surface area contributed by atoms with Gasteiger partial charge in [-0.1, -0.05) is 8.58 Å². The largest absolute Gasteiger partial charge is 0.393 e. The molecule has 1 fully saturated rings. The molecule has 1 aliphatic rings. The maximum Gasteiger partial charge on any atom is 0.185 e. The summed E-state index contributed by atoms with van der Waals surface area (Å²) in [5.74, 6) is 0. The van der Waals surface area contributed by atoms with Gasteiger partial charge in [0.2, 0.25) is 0 Å². The van der Waals surface area contributed by atoms with E-state index in [1.54, 1.807) is 0 Å². The topological polar surface area (TPSA) is 99.4 Å². The van der Waals surface area contributed by atoms with Crippen molar-refractivity contribution in [2.75, 3.05) is 13.0 Å². The third kappa shape index (κ3) is 1.90. The van der Waals surface area contributed by atoms with Crippen molar-refractivity contribution < 1.29 is 34.6 Å². The first-order chi connectivity index (χ1) is 6.61. The Balaban J connectivity index is 2.83. The number of ether oxygens (including phenoxy) is 1. The number of aliphatic hydroxyl groups excluding tert-OH is 4. The molecule has 0 aliphatic carbocycles. The summed E-state index contributed by atoms with van der Waals surface area (Å²) < 4.78 is 16.9. The van der Waals surface area contributed by atoms with Crippen LogP contribution in [-0.4, -0.2) is 57.2 Å². The summed E-state index contributed by atoms with van der Waals surface area (Å²) in [4.78, 5) is 3.45. The first kappa shape index (κ1) is 12.2. The Labute approximate surface area is 80.9 Å². The van der Waals surface area contributed by atoms with Gasteiger partial charge in [-0.2, -0.15) is 4.94 Å². The summed E-state index contributed by atoms with van der Waals surface area (Å²) in [6.45, 7) is -0.658. The minimum atomic E-state index is -1.62. The average molecular weight is 230 g/mol. The molecule has 0 saturated carbocycles. The Morgan fingerprint density at radius 3 is 2.50 bits per heavy atom. The molecule has 6 nitrogen and oxygen atoms in total. The third-order valence-corrected chi connectivity index (χ3v) is 3.42. The van der Waals surface area contributed by atoms with Gasteiger partial charge in [0, 0.05) is 0 Å². The first-order valence-corrected chi connectivity index (χ1v) is 5.10. The van der Waals surface area contributed by atoms with Crippen molar-refractivity contribution >= 4 is 8.58 Å². The zero-order chi connectivity index (χ0) is 10.8. The fourth-order valence-corrected chi connectivity index (χ4v) is 2.36. The van der Waals surface area contributed by atoms with E-state index in [1.807, 2.05) is 0 Å². The molecule has 5 atom stereocenters. The minimum Gasteiger partial charge on any atom is -0.393 e. The van der Waals surface area contributed by atoms with Gasteiger partial charge in [-0.25, -0.2) is 0 Å². The molecule has 0 aromatic rings. The summed E-state index contributed by atoms with van der Waals surface area (Å²) in [6.07, 6.45) is -5.05. The molecule has 4 N–H and O–H groups in total. The summed E-state index contributed by atoms with van der Waals surface area (Å²) in [7, 11) is -0.404. The van der Waals surface area contributed by atoms with Crippen molar-refractivity contribution in [1.82, 2.24) is 0 Å². The predicted octanol–water partition coefficient (Wildman–Crippen LogP) is -1.72. The Morgan fingerprint density at radius 2 is 2.07 bits per heavy atom. The van der Waals surface area contributed by atoms with Gasteiger partial charge in [0.25, 0.3) is 0 Å². The van der Waals surface area contributed by atoms with Gasteiger partial charge < -0.3 is 25.2 Å². The Morgan fingerprint density at radius 1 is 1.43 bits per heavy atom. The van der Waals surface area contributed by atoms with Gasteiger partial charge in [0.1, 0.15) is 11.4 Å². The van der Waals surface area contributed by atoms with Gasteiger partial charge in [-0.15, -0.1) is 0 Å². The minimum absolute atomic E-state index is 0.361. The van der Waals surface area contributed by atoms with Crippen LogP contribution < -0.4 is 0 Å². The standard InChI is InChI=1S/C6H12FO6P/c7-13-4-3(10)5(11)12-6(4,1-8)14-2-9/h3-5,8-11,14H,1-2H2. The second-order valence-corrected chi connectivity index (χ2v) is 4.41. The summed E-state index contributed by atoms with van der Waals surface area (Å²) >= 11 is 0. The van der Waals surface area contributed by atoms with E-state index in [4.69, 9.17) is 20.1 Å². The highest BCUT2D eigenvalue weighted by Gasteiger charge is 2.55. The monoisotopic (exact) mass is 230 g/mol. The van der Waals surface area contributed by atoms with Crippen LogP contribution in [0.2, 0.25) is 0 Å². The fraction of sp³-hybridized carbons (Fsp3) is 1.00. The van der Waals surface area contributed by atoms with Gasteiger partial charge in [0.05, 0.1) is 13.0 Å². The van der Waals surface area contributed by atoms with E-state index in [2.05, 4.69) is 4.94 Å². The first-order valence-electron chi connectivity index (χ1n) is 3.89. The Hall–Kier alpha value is 0.120. The molecular weight excluding hydrogens is 218 g/mol. The lowest BCUT2D eigenvalue weighted by molar-refractivity contribution is -0.221. The zero-order valence-electron chi connectivity index (χ0n) is 7.13. The quantitative estimate of drug-likeness (QED) is 0.429. The molecule has 1 heterocycles. The molecule has 84 valence electrons. The molecule has 0 aromatic carbocycles. The third-order valence-electron chi connectivity index (χ3n) is 2.10. The van der Waals surface area contributed by atoms with Crippen LogP contribution in [0.15, 0.2) is 0 Å². The molecule has 1 aliphatic heterocycles. The lowest BCUT2D eigenvalue weighted by Crippen LogP contribution is -2.43. The van der Waals surface area contributed by atoms with Crippen molar-refractivity contribution in [1.29, 1.82) is 0 Å². The molecule has 1 rings (SSSR count). The maximum absolute atomic E-state index is 12.1.